The van der Waals surface area contributed by atoms with E-state index in [4.69, 9.17) is 4.74 Å². The van der Waals surface area contributed by atoms with Crippen molar-refractivity contribution in [2.75, 3.05) is 11.9 Å². The summed E-state index contributed by atoms with van der Waals surface area (Å²) in [5.41, 5.74) is 1.70. The quantitative estimate of drug-likeness (QED) is 0.767. The lowest BCUT2D eigenvalue weighted by molar-refractivity contribution is 0.122. The van der Waals surface area contributed by atoms with E-state index in [9.17, 15) is 0 Å². The number of nitrogens with zero attached hydrogens (tertiary/aromatic N) is 2. The van der Waals surface area contributed by atoms with Gasteiger partial charge < -0.3 is 10.1 Å². The van der Waals surface area contributed by atoms with Crippen LogP contribution in [0.1, 0.15) is 19.4 Å². The highest BCUT2D eigenvalue weighted by Crippen LogP contribution is 2.24. The predicted molar refractivity (Wildman–Crippen MR) is 93.9 cm³/mol. The van der Waals surface area contributed by atoms with Crippen molar-refractivity contribution in [2.45, 2.75) is 26.4 Å². The van der Waals surface area contributed by atoms with Gasteiger partial charge in [0.05, 0.1) is 12.1 Å². The zero-order valence-electron chi connectivity index (χ0n) is 13.7. The van der Waals surface area contributed by atoms with Gasteiger partial charge in [-0.25, -0.2) is 9.97 Å². The van der Waals surface area contributed by atoms with Gasteiger partial charge in [-0.1, -0.05) is 30.3 Å². The summed E-state index contributed by atoms with van der Waals surface area (Å²) >= 11 is 0. The van der Waals surface area contributed by atoms with Crippen molar-refractivity contribution >= 4 is 16.7 Å². The predicted octanol–water partition coefficient (Wildman–Crippen LogP) is 4.21. The zero-order chi connectivity index (χ0) is 16.3. The first-order valence-corrected chi connectivity index (χ1v) is 7.73. The number of para-hydroxylation sites is 2. The van der Waals surface area contributed by atoms with Crippen LogP contribution in [0, 0.1) is 6.92 Å². The summed E-state index contributed by atoms with van der Waals surface area (Å²) in [6, 6.07) is 16.0. The topological polar surface area (TPSA) is 47.0 Å². The van der Waals surface area contributed by atoms with Crippen molar-refractivity contribution in [3.8, 4) is 5.75 Å². The molecule has 3 aromatic rings. The summed E-state index contributed by atoms with van der Waals surface area (Å²) < 4.78 is 6.16. The lowest BCUT2D eigenvalue weighted by Crippen LogP contribution is -2.37. The van der Waals surface area contributed by atoms with E-state index in [1.54, 1.807) is 6.33 Å². The summed E-state index contributed by atoms with van der Waals surface area (Å²) in [4.78, 5) is 8.64. The first kappa shape index (κ1) is 15.3. The number of aryl methyl sites for hydroxylation is 1. The van der Waals surface area contributed by atoms with E-state index in [1.165, 1.54) is 0 Å². The summed E-state index contributed by atoms with van der Waals surface area (Å²) in [6.45, 7) is 6.82. The van der Waals surface area contributed by atoms with Gasteiger partial charge in [0, 0.05) is 5.39 Å². The Hall–Kier alpha value is -2.62. The Morgan fingerprint density at radius 3 is 2.57 bits per heavy atom. The van der Waals surface area contributed by atoms with E-state index < -0.39 is 0 Å². The minimum absolute atomic E-state index is 0.363. The molecular formula is C19H21N3O. The Bertz CT molecular complexity index is 809. The maximum atomic E-state index is 6.16. The van der Waals surface area contributed by atoms with E-state index in [1.807, 2.05) is 42.5 Å². The molecule has 0 atom stereocenters. The Morgan fingerprint density at radius 1 is 1.00 bits per heavy atom. The second-order valence-corrected chi connectivity index (χ2v) is 6.22. The molecule has 0 fully saturated rings. The van der Waals surface area contributed by atoms with Crippen molar-refractivity contribution in [2.24, 2.45) is 0 Å². The lowest BCUT2D eigenvalue weighted by Gasteiger charge is -2.28. The Kier molecular flexibility index (Phi) is 4.15. The van der Waals surface area contributed by atoms with Crippen LogP contribution in [0.3, 0.4) is 0 Å². The van der Waals surface area contributed by atoms with Gasteiger partial charge in [-0.15, -0.1) is 0 Å². The van der Waals surface area contributed by atoms with Crippen molar-refractivity contribution in [3.63, 3.8) is 0 Å². The zero-order valence-corrected chi connectivity index (χ0v) is 13.7. The van der Waals surface area contributed by atoms with Crippen molar-refractivity contribution in [1.82, 2.24) is 9.97 Å². The Labute approximate surface area is 136 Å². The molecule has 0 bridgehead atoms. The summed E-state index contributed by atoms with van der Waals surface area (Å²) in [6.07, 6.45) is 1.58. The van der Waals surface area contributed by atoms with Crippen LogP contribution in [0.15, 0.2) is 54.9 Å². The first-order valence-electron chi connectivity index (χ1n) is 7.73. The number of fused-ring (bicyclic) bond motifs is 1. The second-order valence-electron chi connectivity index (χ2n) is 6.22. The first-order chi connectivity index (χ1) is 11.1. The van der Waals surface area contributed by atoms with E-state index in [0.717, 1.165) is 28.0 Å². The van der Waals surface area contributed by atoms with Crippen LogP contribution in [0.2, 0.25) is 0 Å². The number of ether oxygens (including phenoxy) is 1. The molecule has 0 aliphatic carbocycles. The highest BCUT2D eigenvalue weighted by atomic mass is 16.5. The second kappa shape index (κ2) is 6.24. The average molecular weight is 307 g/mol. The smallest absolute Gasteiger partial charge is 0.137 e. The molecular weight excluding hydrogens is 286 g/mol. The maximum absolute atomic E-state index is 6.16. The van der Waals surface area contributed by atoms with Crippen LogP contribution < -0.4 is 10.1 Å². The van der Waals surface area contributed by atoms with Crippen LogP contribution in [0.4, 0.5) is 5.82 Å². The number of hydrogen-bond donors (Lipinski definition) is 1. The largest absolute Gasteiger partial charge is 0.486 e. The van der Waals surface area contributed by atoms with E-state index in [-0.39, 0.29) is 5.60 Å². The van der Waals surface area contributed by atoms with Gasteiger partial charge in [-0.2, -0.15) is 0 Å². The molecule has 0 saturated carbocycles. The Morgan fingerprint density at radius 2 is 1.74 bits per heavy atom. The average Bonchev–Trinajstić information content (AvgIpc) is 2.55. The number of hydrogen-bond acceptors (Lipinski definition) is 4. The van der Waals surface area contributed by atoms with Gasteiger partial charge in [-0.3, -0.25) is 0 Å². The molecule has 1 aromatic heterocycles. The number of benzene rings is 2. The molecule has 0 unspecified atom stereocenters. The fourth-order valence-corrected chi connectivity index (χ4v) is 2.45. The molecule has 4 nitrogen and oxygen atoms in total. The van der Waals surface area contributed by atoms with Gasteiger partial charge >= 0.3 is 0 Å². The summed E-state index contributed by atoms with van der Waals surface area (Å²) in [5.74, 6) is 1.74. The minimum atomic E-state index is -0.363. The van der Waals surface area contributed by atoms with E-state index >= 15 is 0 Å². The molecule has 0 radical (unpaired) electrons. The van der Waals surface area contributed by atoms with Gasteiger partial charge in [0.1, 0.15) is 23.5 Å². The van der Waals surface area contributed by atoms with Crippen LogP contribution in [-0.2, 0) is 0 Å². The van der Waals surface area contributed by atoms with Gasteiger partial charge in [-0.05, 0) is 44.5 Å². The molecule has 1 N–H and O–H groups in total. The monoisotopic (exact) mass is 307 g/mol. The molecule has 0 aliphatic rings. The van der Waals surface area contributed by atoms with Gasteiger partial charge in [0.25, 0.3) is 0 Å². The van der Waals surface area contributed by atoms with Crippen LogP contribution in [0.25, 0.3) is 10.9 Å². The molecule has 2 aromatic carbocycles. The molecule has 1 heterocycles. The number of nitrogens with one attached hydrogen (secondary N) is 1. The lowest BCUT2D eigenvalue weighted by atomic mass is 10.1. The van der Waals surface area contributed by atoms with Crippen molar-refractivity contribution in [1.29, 1.82) is 0 Å². The molecule has 0 spiro atoms. The van der Waals surface area contributed by atoms with Crippen LogP contribution >= 0.6 is 0 Å². The van der Waals surface area contributed by atoms with E-state index in [0.29, 0.717) is 6.54 Å². The molecule has 0 aliphatic heterocycles. The van der Waals surface area contributed by atoms with E-state index in [2.05, 4.69) is 42.1 Å². The maximum Gasteiger partial charge on any atom is 0.137 e. The fourth-order valence-electron chi connectivity index (χ4n) is 2.45. The summed E-state index contributed by atoms with van der Waals surface area (Å²) in [7, 11) is 0. The normalized spacial score (nSPS) is 11.4. The highest BCUT2D eigenvalue weighted by Gasteiger charge is 2.21. The Balaban J connectivity index is 1.75. The molecule has 4 heteroatoms. The van der Waals surface area contributed by atoms with Crippen molar-refractivity contribution < 1.29 is 4.74 Å². The number of aromatic nitrogens is 2. The molecule has 3 rings (SSSR count). The third-order valence-corrected chi connectivity index (χ3v) is 3.70. The molecule has 118 valence electrons. The van der Waals surface area contributed by atoms with Crippen LogP contribution in [-0.4, -0.2) is 22.1 Å². The molecule has 23 heavy (non-hydrogen) atoms. The SMILES string of the molecule is Cc1ccccc1OC(C)(C)CNc1ncnc2ccccc12. The fraction of sp³-hybridized carbons (Fsp3) is 0.263. The highest BCUT2D eigenvalue weighted by molar-refractivity contribution is 5.88. The molecule has 0 saturated heterocycles. The number of rotatable bonds is 5. The minimum Gasteiger partial charge on any atom is -0.486 e. The van der Waals surface area contributed by atoms with Crippen molar-refractivity contribution in [3.05, 3.63) is 60.4 Å². The third kappa shape index (κ3) is 3.59. The van der Waals surface area contributed by atoms with Gasteiger partial charge in [0.15, 0.2) is 0 Å². The van der Waals surface area contributed by atoms with Crippen LogP contribution in [0.5, 0.6) is 5.75 Å². The summed E-state index contributed by atoms with van der Waals surface area (Å²) in [5, 5.41) is 4.41. The third-order valence-electron chi connectivity index (χ3n) is 3.70. The molecule has 0 amide bonds. The number of anilines is 1. The standard InChI is InChI=1S/C19H21N3O/c1-14-8-4-7-11-17(14)23-19(2,3)12-20-18-15-9-5-6-10-16(15)21-13-22-18/h4-11,13H,12H2,1-3H3,(H,20,21,22). The van der Waals surface area contributed by atoms with Gasteiger partial charge in [0.2, 0.25) is 0 Å².